The number of hydrogen-bond acceptors (Lipinski definition) is 2. The fourth-order valence-electron chi connectivity index (χ4n) is 2.24. The molecule has 1 aromatic carbocycles. The molecule has 0 unspecified atom stereocenters. The molecule has 0 radical (unpaired) electrons. The highest BCUT2D eigenvalue weighted by atomic mass is 79.9. The SMILES string of the molecule is CCC(CC)CN(CC)c1cccc(Br)c1C(=O)O. The molecule has 0 aliphatic rings. The summed E-state index contributed by atoms with van der Waals surface area (Å²) in [6.45, 7) is 8.14. The smallest absolute Gasteiger partial charge is 0.338 e. The molecule has 0 fully saturated rings. The van der Waals surface area contributed by atoms with Crippen LogP contribution in [0.15, 0.2) is 22.7 Å². The van der Waals surface area contributed by atoms with Gasteiger partial charge in [-0.2, -0.15) is 0 Å². The van der Waals surface area contributed by atoms with Crippen LogP contribution in [0.25, 0.3) is 0 Å². The molecule has 0 aliphatic heterocycles. The Labute approximate surface area is 123 Å². The highest BCUT2D eigenvalue weighted by Gasteiger charge is 2.19. The third kappa shape index (κ3) is 3.96. The zero-order valence-corrected chi connectivity index (χ0v) is 13.4. The van der Waals surface area contributed by atoms with Crippen molar-refractivity contribution >= 4 is 27.6 Å². The molecule has 4 heteroatoms. The quantitative estimate of drug-likeness (QED) is 0.806. The van der Waals surface area contributed by atoms with Crippen molar-refractivity contribution in [1.82, 2.24) is 0 Å². The average Bonchev–Trinajstić information content (AvgIpc) is 2.39. The van der Waals surface area contributed by atoms with E-state index in [4.69, 9.17) is 0 Å². The van der Waals surface area contributed by atoms with Gasteiger partial charge in [-0.25, -0.2) is 4.79 Å². The molecule has 0 aliphatic carbocycles. The molecule has 0 heterocycles. The third-order valence-corrected chi connectivity index (χ3v) is 4.22. The molecule has 0 aromatic heterocycles. The minimum absolute atomic E-state index is 0.357. The van der Waals surface area contributed by atoms with Gasteiger partial charge in [0, 0.05) is 17.6 Å². The summed E-state index contributed by atoms with van der Waals surface area (Å²) in [5.41, 5.74) is 1.16. The van der Waals surface area contributed by atoms with Gasteiger partial charge in [-0.1, -0.05) is 32.8 Å². The van der Waals surface area contributed by atoms with Crippen molar-refractivity contribution in [1.29, 1.82) is 0 Å². The number of rotatable bonds is 7. The maximum absolute atomic E-state index is 11.4. The van der Waals surface area contributed by atoms with Gasteiger partial charge in [-0.05, 0) is 40.9 Å². The summed E-state index contributed by atoms with van der Waals surface area (Å²) >= 11 is 3.34. The van der Waals surface area contributed by atoms with Crippen LogP contribution >= 0.6 is 15.9 Å². The first-order chi connectivity index (χ1) is 9.04. The van der Waals surface area contributed by atoms with Gasteiger partial charge in [0.1, 0.15) is 0 Å². The Morgan fingerprint density at radius 1 is 1.32 bits per heavy atom. The van der Waals surface area contributed by atoms with Gasteiger partial charge in [0.15, 0.2) is 0 Å². The lowest BCUT2D eigenvalue weighted by molar-refractivity contribution is 0.0696. The molecule has 0 amide bonds. The molecule has 0 bridgehead atoms. The molecule has 106 valence electrons. The number of carbonyl (C=O) groups is 1. The molecule has 0 saturated carbocycles. The first kappa shape index (κ1) is 16.0. The van der Waals surface area contributed by atoms with Gasteiger partial charge < -0.3 is 10.0 Å². The summed E-state index contributed by atoms with van der Waals surface area (Å²) < 4.78 is 0.639. The number of anilines is 1. The number of benzene rings is 1. The van der Waals surface area contributed by atoms with E-state index in [0.717, 1.165) is 31.6 Å². The summed E-state index contributed by atoms with van der Waals surface area (Å²) in [5.74, 6) is -0.286. The van der Waals surface area contributed by atoms with E-state index in [9.17, 15) is 9.90 Å². The van der Waals surface area contributed by atoms with E-state index in [2.05, 4.69) is 41.6 Å². The standard InChI is InChI=1S/C15H22BrNO2/c1-4-11(5-2)10-17(6-3)13-9-7-8-12(16)14(13)15(18)19/h7-9,11H,4-6,10H2,1-3H3,(H,18,19). The summed E-state index contributed by atoms with van der Waals surface area (Å²) in [6, 6.07) is 5.55. The van der Waals surface area contributed by atoms with Gasteiger partial charge in [-0.3, -0.25) is 0 Å². The first-order valence-electron chi connectivity index (χ1n) is 6.81. The number of halogens is 1. The predicted octanol–water partition coefficient (Wildman–Crippen LogP) is 4.41. The zero-order chi connectivity index (χ0) is 14.4. The Morgan fingerprint density at radius 2 is 1.95 bits per heavy atom. The molecular weight excluding hydrogens is 306 g/mol. The van der Waals surface area contributed by atoms with Crippen LogP contribution in [0.3, 0.4) is 0 Å². The molecule has 1 rings (SSSR count). The minimum Gasteiger partial charge on any atom is -0.478 e. The molecule has 1 N–H and O–H groups in total. The van der Waals surface area contributed by atoms with E-state index in [-0.39, 0.29) is 0 Å². The Hall–Kier alpha value is -1.03. The molecule has 0 saturated heterocycles. The van der Waals surface area contributed by atoms with Crippen molar-refractivity contribution in [3.05, 3.63) is 28.2 Å². The predicted molar refractivity (Wildman–Crippen MR) is 83.1 cm³/mol. The highest BCUT2D eigenvalue weighted by molar-refractivity contribution is 9.10. The number of nitrogens with zero attached hydrogens (tertiary/aromatic N) is 1. The second-order valence-electron chi connectivity index (χ2n) is 4.66. The summed E-state index contributed by atoms with van der Waals surface area (Å²) in [4.78, 5) is 13.6. The van der Waals surface area contributed by atoms with Crippen LogP contribution in [0.4, 0.5) is 5.69 Å². The number of hydrogen-bond donors (Lipinski definition) is 1. The maximum Gasteiger partial charge on any atom is 0.338 e. The molecule has 0 spiro atoms. The van der Waals surface area contributed by atoms with Crippen LogP contribution in [0, 0.1) is 5.92 Å². The second kappa shape index (κ2) is 7.53. The van der Waals surface area contributed by atoms with Gasteiger partial charge in [0.05, 0.1) is 11.3 Å². The van der Waals surface area contributed by atoms with E-state index >= 15 is 0 Å². The van der Waals surface area contributed by atoms with Crippen LogP contribution in [0.5, 0.6) is 0 Å². The first-order valence-corrected chi connectivity index (χ1v) is 7.61. The van der Waals surface area contributed by atoms with E-state index in [1.807, 2.05) is 12.1 Å². The Bertz CT molecular complexity index is 430. The van der Waals surface area contributed by atoms with E-state index in [1.54, 1.807) is 6.07 Å². The van der Waals surface area contributed by atoms with Crippen molar-refractivity contribution in [2.45, 2.75) is 33.6 Å². The Morgan fingerprint density at radius 3 is 2.42 bits per heavy atom. The fraction of sp³-hybridized carbons (Fsp3) is 0.533. The topological polar surface area (TPSA) is 40.5 Å². The largest absolute Gasteiger partial charge is 0.478 e. The van der Waals surface area contributed by atoms with Crippen molar-refractivity contribution in [2.75, 3.05) is 18.0 Å². The lowest BCUT2D eigenvalue weighted by Gasteiger charge is -2.29. The van der Waals surface area contributed by atoms with E-state index < -0.39 is 5.97 Å². The lowest BCUT2D eigenvalue weighted by atomic mass is 10.0. The van der Waals surface area contributed by atoms with Crippen LogP contribution in [-0.4, -0.2) is 24.2 Å². The Balaban J connectivity index is 3.11. The van der Waals surface area contributed by atoms with Gasteiger partial charge in [0.25, 0.3) is 0 Å². The number of aromatic carboxylic acids is 1. The normalized spacial score (nSPS) is 10.8. The summed E-state index contributed by atoms with van der Waals surface area (Å²) in [7, 11) is 0. The maximum atomic E-state index is 11.4. The molecule has 1 aromatic rings. The van der Waals surface area contributed by atoms with Crippen LogP contribution < -0.4 is 4.90 Å². The van der Waals surface area contributed by atoms with Crippen molar-refractivity contribution < 1.29 is 9.90 Å². The summed E-state index contributed by atoms with van der Waals surface area (Å²) in [5, 5.41) is 9.38. The number of carboxylic acid groups (broad SMARTS) is 1. The number of carboxylic acids is 1. The average molecular weight is 328 g/mol. The fourth-order valence-corrected chi connectivity index (χ4v) is 2.77. The minimum atomic E-state index is -0.884. The summed E-state index contributed by atoms with van der Waals surface area (Å²) in [6.07, 6.45) is 2.23. The zero-order valence-electron chi connectivity index (χ0n) is 11.8. The monoisotopic (exact) mass is 327 g/mol. The second-order valence-corrected chi connectivity index (χ2v) is 5.51. The van der Waals surface area contributed by atoms with Crippen molar-refractivity contribution in [3.63, 3.8) is 0 Å². The van der Waals surface area contributed by atoms with Gasteiger partial charge >= 0.3 is 5.97 Å². The van der Waals surface area contributed by atoms with Crippen molar-refractivity contribution in [2.24, 2.45) is 5.92 Å². The van der Waals surface area contributed by atoms with Crippen LogP contribution in [0.1, 0.15) is 44.0 Å². The van der Waals surface area contributed by atoms with Gasteiger partial charge in [-0.15, -0.1) is 0 Å². The molecule has 0 atom stereocenters. The van der Waals surface area contributed by atoms with Crippen LogP contribution in [0.2, 0.25) is 0 Å². The van der Waals surface area contributed by atoms with E-state index in [1.165, 1.54) is 0 Å². The molecule has 19 heavy (non-hydrogen) atoms. The Kier molecular flexibility index (Phi) is 6.35. The third-order valence-electron chi connectivity index (χ3n) is 3.56. The van der Waals surface area contributed by atoms with Gasteiger partial charge in [0.2, 0.25) is 0 Å². The lowest BCUT2D eigenvalue weighted by Crippen LogP contribution is -2.30. The highest BCUT2D eigenvalue weighted by Crippen LogP contribution is 2.29. The van der Waals surface area contributed by atoms with Crippen LogP contribution in [-0.2, 0) is 0 Å². The van der Waals surface area contributed by atoms with Crippen molar-refractivity contribution in [3.8, 4) is 0 Å². The van der Waals surface area contributed by atoms with E-state index in [0.29, 0.717) is 16.0 Å². The molecular formula is C15H22BrNO2. The molecule has 3 nitrogen and oxygen atoms in total.